The van der Waals surface area contributed by atoms with E-state index >= 15 is 0 Å². The van der Waals surface area contributed by atoms with E-state index in [1.54, 1.807) is 0 Å². The summed E-state index contributed by atoms with van der Waals surface area (Å²) in [6.07, 6.45) is 1.89. The fourth-order valence-corrected chi connectivity index (χ4v) is 1.84. The number of benzene rings is 1. The first kappa shape index (κ1) is 11.5. The second-order valence-corrected chi connectivity index (χ2v) is 4.03. The summed E-state index contributed by atoms with van der Waals surface area (Å²) in [5.41, 5.74) is 0.928. The van der Waals surface area contributed by atoms with Crippen LogP contribution >= 0.6 is 0 Å². The highest BCUT2D eigenvalue weighted by Crippen LogP contribution is 2.32. The van der Waals surface area contributed by atoms with Crippen molar-refractivity contribution < 1.29 is 19.4 Å². The van der Waals surface area contributed by atoms with Gasteiger partial charge in [0, 0.05) is 12.6 Å². The molecule has 2 heterocycles. The smallest absolute Gasteiger partial charge is 0.354 e. The molecule has 96 valence electrons. The van der Waals surface area contributed by atoms with Crippen LogP contribution in [0.2, 0.25) is 0 Å². The van der Waals surface area contributed by atoms with Crippen molar-refractivity contribution in [2.45, 2.75) is 6.42 Å². The molecule has 1 aromatic carbocycles. The van der Waals surface area contributed by atoms with Gasteiger partial charge in [0.05, 0.1) is 0 Å². The summed E-state index contributed by atoms with van der Waals surface area (Å²) in [6, 6.07) is 6.91. The molecule has 0 fully saturated rings. The Kier molecular flexibility index (Phi) is 2.75. The average Bonchev–Trinajstić information content (AvgIpc) is 2.86. The van der Waals surface area contributed by atoms with Crippen molar-refractivity contribution in [2.24, 2.45) is 0 Å². The van der Waals surface area contributed by atoms with Crippen LogP contribution < -0.4 is 9.47 Å². The lowest BCUT2D eigenvalue weighted by molar-refractivity contribution is 0.0690. The Balaban J connectivity index is 1.85. The summed E-state index contributed by atoms with van der Waals surface area (Å²) in [5, 5.41) is 8.88. The highest BCUT2D eigenvalue weighted by atomic mass is 16.7. The third kappa shape index (κ3) is 2.33. The molecule has 0 amide bonds. The maximum atomic E-state index is 10.8. The van der Waals surface area contributed by atoms with Gasteiger partial charge in [-0.1, -0.05) is 6.07 Å². The number of hydrogen-bond acceptors (Lipinski definition) is 5. The van der Waals surface area contributed by atoms with Crippen LogP contribution in [0.3, 0.4) is 0 Å². The number of nitrogens with zero attached hydrogens (tertiary/aromatic N) is 2. The topological polar surface area (TPSA) is 81.5 Å². The largest absolute Gasteiger partial charge is 0.477 e. The van der Waals surface area contributed by atoms with Crippen molar-refractivity contribution in [1.29, 1.82) is 0 Å². The molecule has 6 nitrogen and oxygen atoms in total. The van der Waals surface area contributed by atoms with Gasteiger partial charge in [0.25, 0.3) is 0 Å². The molecular formula is C13H10N2O4. The average molecular weight is 258 g/mol. The Bertz CT molecular complexity index is 642. The molecule has 0 radical (unpaired) electrons. The van der Waals surface area contributed by atoms with E-state index in [0.29, 0.717) is 23.7 Å². The highest BCUT2D eigenvalue weighted by Gasteiger charge is 2.14. The lowest BCUT2D eigenvalue weighted by Gasteiger charge is -2.03. The molecule has 0 bridgehead atoms. The molecule has 0 spiro atoms. The Morgan fingerprint density at radius 3 is 2.95 bits per heavy atom. The second-order valence-electron chi connectivity index (χ2n) is 4.03. The number of aromatic nitrogens is 2. The van der Waals surface area contributed by atoms with Crippen molar-refractivity contribution in [1.82, 2.24) is 9.97 Å². The molecule has 2 aromatic rings. The van der Waals surface area contributed by atoms with Crippen LogP contribution in [-0.2, 0) is 6.42 Å². The lowest BCUT2D eigenvalue weighted by atomic mass is 10.1. The van der Waals surface area contributed by atoms with E-state index in [0.717, 1.165) is 5.56 Å². The van der Waals surface area contributed by atoms with Gasteiger partial charge in [-0.15, -0.1) is 0 Å². The highest BCUT2D eigenvalue weighted by molar-refractivity contribution is 5.85. The quantitative estimate of drug-likeness (QED) is 0.898. The number of carboxylic acids is 1. The van der Waals surface area contributed by atoms with Gasteiger partial charge in [0.15, 0.2) is 17.2 Å². The normalized spacial score (nSPS) is 12.4. The molecule has 6 heteroatoms. The third-order valence-corrected chi connectivity index (χ3v) is 2.72. The standard InChI is InChI=1S/C13H10N2O4/c16-13(17)9-3-4-14-12(15-9)6-8-1-2-10-11(5-8)19-7-18-10/h1-5H,6-7H2,(H,16,17). The van der Waals surface area contributed by atoms with Gasteiger partial charge in [-0.3, -0.25) is 0 Å². The first-order valence-electron chi connectivity index (χ1n) is 5.66. The van der Waals surface area contributed by atoms with Crippen molar-refractivity contribution >= 4 is 5.97 Å². The van der Waals surface area contributed by atoms with Crippen LogP contribution in [0.1, 0.15) is 21.9 Å². The zero-order valence-electron chi connectivity index (χ0n) is 9.87. The van der Waals surface area contributed by atoms with Crippen LogP contribution in [0.25, 0.3) is 0 Å². The van der Waals surface area contributed by atoms with Gasteiger partial charge >= 0.3 is 5.97 Å². The van der Waals surface area contributed by atoms with Crippen molar-refractivity contribution in [3.8, 4) is 11.5 Å². The summed E-state index contributed by atoms with van der Waals surface area (Å²) >= 11 is 0. The first-order valence-corrected chi connectivity index (χ1v) is 5.66. The molecule has 1 aliphatic rings. The summed E-state index contributed by atoms with van der Waals surface area (Å²) < 4.78 is 10.5. The summed E-state index contributed by atoms with van der Waals surface area (Å²) in [7, 11) is 0. The van der Waals surface area contributed by atoms with Crippen molar-refractivity contribution in [3.63, 3.8) is 0 Å². The molecule has 0 atom stereocenters. The second kappa shape index (κ2) is 4.56. The maximum Gasteiger partial charge on any atom is 0.354 e. The molecule has 3 rings (SSSR count). The van der Waals surface area contributed by atoms with Gasteiger partial charge < -0.3 is 14.6 Å². The number of ether oxygens (including phenoxy) is 2. The van der Waals surface area contributed by atoms with Crippen molar-refractivity contribution in [3.05, 3.63) is 47.5 Å². The van der Waals surface area contributed by atoms with E-state index < -0.39 is 5.97 Å². The minimum Gasteiger partial charge on any atom is -0.477 e. The number of aromatic carboxylic acids is 1. The lowest BCUT2D eigenvalue weighted by Crippen LogP contribution is -2.05. The van der Waals surface area contributed by atoms with E-state index in [1.165, 1.54) is 12.3 Å². The van der Waals surface area contributed by atoms with Gasteiger partial charge in [0.2, 0.25) is 6.79 Å². The maximum absolute atomic E-state index is 10.8. The molecule has 0 aliphatic carbocycles. The summed E-state index contributed by atoms with van der Waals surface area (Å²) in [5.74, 6) is 0.795. The number of hydrogen-bond donors (Lipinski definition) is 1. The Morgan fingerprint density at radius 1 is 1.26 bits per heavy atom. The van der Waals surface area contributed by atoms with Crippen LogP contribution in [-0.4, -0.2) is 27.8 Å². The molecular weight excluding hydrogens is 248 g/mol. The zero-order chi connectivity index (χ0) is 13.2. The van der Waals surface area contributed by atoms with Crippen molar-refractivity contribution in [2.75, 3.05) is 6.79 Å². The molecule has 1 aromatic heterocycles. The van der Waals surface area contributed by atoms with E-state index in [2.05, 4.69) is 9.97 Å². The fraction of sp³-hybridized carbons (Fsp3) is 0.154. The Labute approximate surface area is 108 Å². The predicted molar refractivity (Wildman–Crippen MR) is 64.4 cm³/mol. The van der Waals surface area contributed by atoms with E-state index in [-0.39, 0.29) is 12.5 Å². The van der Waals surface area contributed by atoms with Crippen LogP contribution in [0.15, 0.2) is 30.5 Å². The SMILES string of the molecule is O=C(O)c1ccnc(Cc2ccc3c(c2)OCO3)n1. The van der Waals surface area contributed by atoms with E-state index in [9.17, 15) is 4.79 Å². The molecule has 19 heavy (non-hydrogen) atoms. The minimum atomic E-state index is -1.06. The van der Waals surface area contributed by atoms with E-state index in [1.807, 2.05) is 18.2 Å². The zero-order valence-corrected chi connectivity index (χ0v) is 9.87. The Hall–Kier alpha value is -2.63. The van der Waals surface area contributed by atoms with Crippen LogP contribution in [0.4, 0.5) is 0 Å². The first-order chi connectivity index (χ1) is 9.22. The molecule has 0 unspecified atom stereocenters. The van der Waals surface area contributed by atoms with Crippen LogP contribution in [0, 0.1) is 0 Å². The molecule has 0 saturated carbocycles. The van der Waals surface area contributed by atoms with Gasteiger partial charge in [-0.2, -0.15) is 0 Å². The number of carbonyl (C=O) groups is 1. The number of fused-ring (bicyclic) bond motifs is 1. The van der Waals surface area contributed by atoms with Crippen LogP contribution in [0.5, 0.6) is 11.5 Å². The molecule has 1 aliphatic heterocycles. The minimum absolute atomic E-state index is 0.00857. The van der Waals surface area contributed by atoms with Gasteiger partial charge in [0.1, 0.15) is 5.82 Å². The predicted octanol–water partition coefficient (Wildman–Crippen LogP) is 1.49. The number of carboxylic acid groups (broad SMARTS) is 1. The van der Waals surface area contributed by atoms with E-state index in [4.69, 9.17) is 14.6 Å². The summed E-state index contributed by atoms with van der Waals surface area (Å²) in [4.78, 5) is 18.9. The van der Waals surface area contributed by atoms with Gasteiger partial charge in [-0.25, -0.2) is 14.8 Å². The fourth-order valence-electron chi connectivity index (χ4n) is 1.84. The summed E-state index contributed by atoms with van der Waals surface area (Å²) in [6.45, 7) is 0.226. The number of rotatable bonds is 3. The molecule has 1 N–H and O–H groups in total. The van der Waals surface area contributed by atoms with Gasteiger partial charge in [-0.05, 0) is 23.8 Å². The molecule has 0 saturated heterocycles. The third-order valence-electron chi connectivity index (χ3n) is 2.72. The Morgan fingerprint density at radius 2 is 2.11 bits per heavy atom. The monoisotopic (exact) mass is 258 g/mol.